The number of imidazole rings is 1. The highest BCUT2D eigenvalue weighted by Gasteiger charge is 2.31. The number of alkyl halides is 3. The van der Waals surface area contributed by atoms with E-state index in [4.69, 9.17) is 17.0 Å². The first-order valence-electron chi connectivity index (χ1n) is 5.86. The van der Waals surface area contributed by atoms with Crippen LogP contribution < -0.4 is 0 Å². The molecule has 1 aliphatic rings. The Hall–Kier alpha value is -1.34. The molecule has 0 radical (unpaired) electrons. The van der Waals surface area contributed by atoms with E-state index in [0.29, 0.717) is 29.0 Å². The molecule has 19 heavy (non-hydrogen) atoms. The van der Waals surface area contributed by atoms with Gasteiger partial charge in [0.05, 0.1) is 29.2 Å². The Bertz CT molecular complexity index is 668. The molecule has 1 atom stereocenters. The Morgan fingerprint density at radius 3 is 2.79 bits per heavy atom. The second-order valence-corrected chi connectivity index (χ2v) is 4.93. The maximum absolute atomic E-state index is 12.7. The lowest BCUT2D eigenvalue weighted by Gasteiger charge is -2.11. The van der Waals surface area contributed by atoms with Crippen molar-refractivity contribution in [1.29, 1.82) is 0 Å². The van der Waals surface area contributed by atoms with Crippen molar-refractivity contribution in [3.8, 4) is 0 Å². The number of ether oxygens (including phenoxy) is 1. The minimum absolute atomic E-state index is 0.0954. The second kappa shape index (κ2) is 4.35. The summed E-state index contributed by atoms with van der Waals surface area (Å²) in [5.41, 5.74) is 0.422. The van der Waals surface area contributed by atoms with Crippen LogP contribution >= 0.6 is 12.2 Å². The van der Waals surface area contributed by atoms with Gasteiger partial charge in [-0.25, -0.2) is 0 Å². The average molecular weight is 288 g/mol. The largest absolute Gasteiger partial charge is 0.416 e. The van der Waals surface area contributed by atoms with E-state index in [9.17, 15) is 13.2 Å². The number of hydrogen-bond acceptors (Lipinski definition) is 2. The van der Waals surface area contributed by atoms with E-state index in [1.807, 2.05) is 4.57 Å². The Labute approximate surface area is 112 Å². The number of nitrogens with one attached hydrogen (secondary N) is 1. The third-order valence-corrected chi connectivity index (χ3v) is 3.61. The molecule has 1 aliphatic heterocycles. The number of aromatic amines is 1. The fraction of sp³-hybridized carbons (Fsp3) is 0.417. The number of halogens is 3. The molecule has 102 valence electrons. The molecule has 1 fully saturated rings. The number of hydrogen-bond donors (Lipinski definition) is 1. The molecule has 7 heteroatoms. The molecule has 1 saturated heterocycles. The fourth-order valence-corrected chi connectivity index (χ4v) is 2.75. The number of nitrogens with zero attached hydrogens (tertiary/aromatic N) is 1. The Morgan fingerprint density at radius 1 is 1.37 bits per heavy atom. The van der Waals surface area contributed by atoms with Gasteiger partial charge in [-0.05, 0) is 36.8 Å². The number of H-pyrrole nitrogens is 1. The van der Waals surface area contributed by atoms with Gasteiger partial charge in [0, 0.05) is 6.61 Å². The summed E-state index contributed by atoms with van der Waals surface area (Å²) >= 11 is 5.20. The molecular weight excluding hydrogens is 277 g/mol. The summed E-state index contributed by atoms with van der Waals surface area (Å²) in [6.07, 6.45) is -3.52. The molecule has 1 aromatic heterocycles. The minimum Gasteiger partial charge on any atom is -0.379 e. The van der Waals surface area contributed by atoms with Gasteiger partial charge in [-0.1, -0.05) is 0 Å². The van der Waals surface area contributed by atoms with Crippen molar-refractivity contribution in [2.75, 3.05) is 13.2 Å². The first-order chi connectivity index (χ1) is 8.97. The predicted molar refractivity (Wildman–Crippen MR) is 66.6 cm³/mol. The van der Waals surface area contributed by atoms with Crippen molar-refractivity contribution in [3.63, 3.8) is 0 Å². The van der Waals surface area contributed by atoms with Crippen LogP contribution in [0.1, 0.15) is 18.0 Å². The molecular formula is C12H11F3N2OS. The van der Waals surface area contributed by atoms with Gasteiger partial charge in [-0.15, -0.1) is 0 Å². The third-order valence-electron chi connectivity index (χ3n) is 3.31. The van der Waals surface area contributed by atoms with E-state index in [1.165, 1.54) is 6.07 Å². The minimum atomic E-state index is -4.35. The van der Waals surface area contributed by atoms with Crippen molar-refractivity contribution in [2.24, 2.45) is 0 Å². The van der Waals surface area contributed by atoms with E-state index in [2.05, 4.69) is 4.98 Å². The summed E-state index contributed by atoms with van der Waals surface area (Å²) in [6, 6.07) is 3.73. The molecule has 1 N–H and O–H groups in total. The summed E-state index contributed by atoms with van der Waals surface area (Å²) in [6.45, 7) is 1.20. The lowest BCUT2D eigenvalue weighted by Crippen LogP contribution is -2.09. The highest BCUT2D eigenvalue weighted by atomic mass is 32.1. The maximum atomic E-state index is 12.7. The molecule has 1 unspecified atom stereocenters. The van der Waals surface area contributed by atoms with Gasteiger partial charge in [0.1, 0.15) is 0 Å². The van der Waals surface area contributed by atoms with Crippen LogP contribution in [0.15, 0.2) is 18.2 Å². The summed E-state index contributed by atoms with van der Waals surface area (Å²) in [4.78, 5) is 2.84. The van der Waals surface area contributed by atoms with Crippen LogP contribution in [0.5, 0.6) is 0 Å². The first kappa shape index (κ1) is 12.7. The smallest absolute Gasteiger partial charge is 0.379 e. The molecule has 0 aliphatic carbocycles. The van der Waals surface area contributed by atoms with Crippen LogP contribution in [-0.2, 0) is 10.9 Å². The Morgan fingerprint density at radius 2 is 2.16 bits per heavy atom. The van der Waals surface area contributed by atoms with Gasteiger partial charge < -0.3 is 14.3 Å². The number of fused-ring (bicyclic) bond motifs is 1. The number of aromatic nitrogens is 2. The van der Waals surface area contributed by atoms with E-state index in [1.54, 1.807) is 0 Å². The fourth-order valence-electron chi connectivity index (χ4n) is 2.40. The molecule has 0 saturated carbocycles. The van der Waals surface area contributed by atoms with Crippen molar-refractivity contribution in [3.05, 3.63) is 28.5 Å². The third kappa shape index (κ3) is 2.17. The summed E-state index contributed by atoms with van der Waals surface area (Å²) < 4.78 is 45.6. The van der Waals surface area contributed by atoms with Crippen LogP contribution in [0.2, 0.25) is 0 Å². The van der Waals surface area contributed by atoms with Crippen LogP contribution in [0.3, 0.4) is 0 Å². The first-order valence-corrected chi connectivity index (χ1v) is 6.27. The van der Waals surface area contributed by atoms with Crippen molar-refractivity contribution in [2.45, 2.75) is 18.6 Å². The van der Waals surface area contributed by atoms with Crippen LogP contribution in [-0.4, -0.2) is 22.8 Å². The van der Waals surface area contributed by atoms with Crippen LogP contribution in [0.25, 0.3) is 11.0 Å². The van der Waals surface area contributed by atoms with Gasteiger partial charge in [-0.2, -0.15) is 13.2 Å². The lowest BCUT2D eigenvalue weighted by atomic mass is 10.2. The lowest BCUT2D eigenvalue weighted by molar-refractivity contribution is -0.137. The zero-order chi connectivity index (χ0) is 13.6. The van der Waals surface area contributed by atoms with Gasteiger partial charge in [0.2, 0.25) is 0 Å². The molecule has 0 spiro atoms. The molecule has 0 amide bonds. The van der Waals surface area contributed by atoms with E-state index >= 15 is 0 Å². The topological polar surface area (TPSA) is 29.9 Å². The van der Waals surface area contributed by atoms with Gasteiger partial charge in [0.15, 0.2) is 4.77 Å². The van der Waals surface area contributed by atoms with Crippen molar-refractivity contribution in [1.82, 2.24) is 9.55 Å². The summed E-state index contributed by atoms with van der Waals surface area (Å²) in [5.74, 6) is 0. The SMILES string of the molecule is FC(F)(F)c1ccc2c(c1)[nH]c(=S)n2C1CCOC1. The molecule has 0 bridgehead atoms. The number of benzene rings is 1. The molecule has 2 aromatic rings. The molecule has 3 rings (SSSR count). The maximum Gasteiger partial charge on any atom is 0.416 e. The predicted octanol–water partition coefficient (Wildman–Crippen LogP) is 3.68. The van der Waals surface area contributed by atoms with Gasteiger partial charge in [0.25, 0.3) is 0 Å². The van der Waals surface area contributed by atoms with Gasteiger partial charge >= 0.3 is 6.18 Å². The van der Waals surface area contributed by atoms with Crippen LogP contribution in [0.4, 0.5) is 13.2 Å². The number of rotatable bonds is 1. The zero-order valence-electron chi connectivity index (χ0n) is 9.83. The van der Waals surface area contributed by atoms with E-state index in [-0.39, 0.29) is 6.04 Å². The summed E-state index contributed by atoms with van der Waals surface area (Å²) in [5, 5.41) is 0. The van der Waals surface area contributed by atoms with Crippen molar-refractivity contribution < 1.29 is 17.9 Å². The van der Waals surface area contributed by atoms with E-state index in [0.717, 1.165) is 18.6 Å². The summed E-state index contributed by atoms with van der Waals surface area (Å²) in [7, 11) is 0. The molecule has 1 aromatic carbocycles. The molecule has 2 heterocycles. The van der Waals surface area contributed by atoms with E-state index < -0.39 is 11.7 Å². The Kier molecular flexibility index (Phi) is 2.90. The normalized spacial score (nSPS) is 20.3. The average Bonchev–Trinajstić information content (AvgIpc) is 2.92. The van der Waals surface area contributed by atoms with Crippen LogP contribution in [0, 0.1) is 4.77 Å². The molecule has 3 nitrogen and oxygen atoms in total. The second-order valence-electron chi connectivity index (χ2n) is 4.55. The highest BCUT2D eigenvalue weighted by molar-refractivity contribution is 7.71. The quantitative estimate of drug-likeness (QED) is 0.811. The van der Waals surface area contributed by atoms with Crippen molar-refractivity contribution >= 4 is 23.3 Å². The highest BCUT2D eigenvalue weighted by Crippen LogP contribution is 2.32. The Balaban J connectivity index is 2.15. The van der Waals surface area contributed by atoms with Gasteiger partial charge in [-0.3, -0.25) is 0 Å². The standard InChI is InChI=1S/C12H11F3N2OS/c13-12(14,15)7-1-2-10-9(5-7)16-11(19)17(10)8-3-4-18-6-8/h1-2,5,8H,3-4,6H2,(H,16,19). The zero-order valence-corrected chi connectivity index (χ0v) is 10.6. The monoisotopic (exact) mass is 288 g/mol.